The minimum Gasteiger partial charge on any atom is -0.381 e. The monoisotopic (exact) mass is 508 g/mol. The summed E-state index contributed by atoms with van der Waals surface area (Å²) < 4.78 is 86.5. The van der Waals surface area contributed by atoms with E-state index < -0.39 is 38.6 Å². The molecule has 3 aliphatic heterocycles. The van der Waals surface area contributed by atoms with E-state index in [9.17, 15) is 21.6 Å². The number of anilines is 1. The van der Waals surface area contributed by atoms with Crippen molar-refractivity contribution in [2.24, 2.45) is 0 Å². The fourth-order valence-electron chi connectivity index (χ4n) is 4.95. The third-order valence-electron chi connectivity index (χ3n) is 6.67. The SMILES string of the molecule is CN1CC(NS(=O)(=O)c2ccc(NCC3COC(C)(C)O3)nc2C(F)(F)F)CC12CCOCC2. The molecule has 3 saturated heterocycles. The number of hydrogen-bond donors (Lipinski definition) is 2. The molecular formula is C21H31F3N4O5S. The molecule has 0 bridgehead atoms. The van der Waals surface area contributed by atoms with Crippen LogP contribution in [-0.2, 0) is 30.4 Å². The Labute approximate surface area is 197 Å². The van der Waals surface area contributed by atoms with Crippen LogP contribution in [0, 0.1) is 0 Å². The Morgan fingerprint density at radius 2 is 1.94 bits per heavy atom. The molecule has 3 aliphatic rings. The van der Waals surface area contributed by atoms with Crippen LogP contribution < -0.4 is 10.0 Å². The molecule has 0 aromatic carbocycles. The van der Waals surface area contributed by atoms with E-state index >= 15 is 0 Å². The molecule has 34 heavy (non-hydrogen) atoms. The summed E-state index contributed by atoms with van der Waals surface area (Å²) in [6.07, 6.45) is -3.30. The van der Waals surface area contributed by atoms with Crippen molar-refractivity contribution >= 4 is 15.8 Å². The van der Waals surface area contributed by atoms with Crippen LogP contribution in [0.1, 0.15) is 38.8 Å². The van der Waals surface area contributed by atoms with Gasteiger partial charge in [0.05, 0.1) is 6.61 Å². The number of likely N-dealkylation sites (N-methyl/N-ethyl adjacent to an activating group) is 1. The van der Waals surface area contributed by atoms with Gasteiger partial charge >= 0.3 is 6.18 Å². The van der Waals surface area contributed by atoms with Crippen molar-refractivity contribution in [3.63, 3.8) is 0 Å². The van der Waals surface area contributed by atoms with Gasteiger partial charge in [-0.05, 0) is 52.3 Å². The molecule has 4 heterocycles. The normalized spacial score (nSPS) is 27.4. The fraction of sp³-hybridized carbons (Fsp3) is 0.762. The number of hydrogen-bond acceptors (Lipinski definition) is 8. The number of aromatic nitrogens is 1. The van der Waals surface area contributed by atoms with Crippen LogP contribution in [0.3, 0.4) is 0 Å². The van der Waals surface area contributed by atoms with Crippen molar-refractivity contribution in [3.8, 4) is 0 Å². The number of sulfonamides is 1. The standard InChI is InChI=1S/C21H31F3N4O5S/c1-19(2)32-13-15(33-19)11-25-17-5-4-16(18(26-17)21(22,23)24)34(29,30)27-14-10-20(28(3)12-14)6-8-31-9-7-20/h4-5,14-15,27H,6-13H2,1-3H3,(H,25,26). The van der Waals surface area contributed by atoms with Gasteiger partial charge in [-0.2, -0.15) is 13.2 Å². The van der Waals surface area contributed by atoms with Crippen LogP contribution in [0.5, 0.6) is 0 Å². The van der Waals surface area contributed by atoms with E-state index in [0.29, 0.717) is 26.2 Å². The van der Waals surface area contributed by atoms with E-state index in [0.717, 1.165) is 18.9 Å². The molecule has 1 aromatic heterocycles. The van der Waals surface area contributed by atoms with Crippen LogP contribution in [0.15, 0.2) is 17.0 Å². The lowest BCUT2D eigenvalue weighted by Crippen LogP contribution is -2.45. The second kappa shape index (κ2) is 9.17. The summed E-state index contributed by atoms with van der Waals surface area (Å²) in [6.45, 7) is 5.50. The number of nitrogens with zero attached hydrogens (tertiary/aromatic N) is 2. The maximum atomic E-state index is 13.8. The number of pyridine rings is 1. The Hall–Kier alpha value is -1.51. The molecule has 2 N–H and O–H groups in total. The topological polar surface area (TPSA) is 102 Å². The Kier molecular flexibility index (Phi) is 6.90. The quantitative estimate of drug-likeness (QED) is 0.603. The summed E-state index contributed by atoms with van der Waals surface area (Å²) >= 11 is 0. The van der Waals surface area contributed by atoms with Crippen LogP contribution >= 0.6 is 0 Å². The van der Waals surface area contributed by atoms with Crippen LogP contribution in [0.2, 0.25) is 0 Å². The fourth-order valence-corrected chi connectivity index (χ4v) is 6.34. The van der Waals surface area contributed by atoms with Gasteiger partial charge in [0.2, 0.25) is 10.0 Å². The summed E-state index contributed by atoms with van der Waals surface area (Å²) in [4.78, 5) is 4.79. The van der Waals surface area contributed by atoms with E-state index in [1.54, 1.807) is 13.8 Å². The van der Waals surface area contributed by atoms with Gasteiger partial charge < -0.3 is 19.5 Å². The van der Waals surface area contributed by atoms with Crippen molar-refractivity contribution < 1.29 is 35.8 Å². The lowest BCUT2D eigenvalue weighted by molar-refractivity contribution is -0.143. The molecule has 13 heteroatoms. The number of likely N-dealkylation sites (tertiary alicyclic amines) is 1. The molecule has 4 rings (SSSR count). The second-order valence-electron chi connectivity index (χ2n) is 9.61. The maximum Gasteiger partial charge on any atom is 0.434 e. The summed E-state index contributed by atoms with van der Waals surface area (Å²) in [7, 11) is -2.56. The molecule has 0 aliphatic carbocycles. The molecule has 9 nitrogen and oxygen atoms in total. The van der Waals surface area contributed by atoms with Crippen LogP contribution in [0.25, 0.3) is 0 Å². The summed E-state index contributed by atoms with van der Waals surface area (Å²) in [6, 6.07) is 1.67. The predicted molar refractivity (Wildman–Crippen MR) is 117 cm³/mol. The lowest BCUT2D eigenvalue weighted by Gasteiger charge is -2.39. The molecule has 0 amide bonds. The molecule has 1 spiro atoms. The second-order valence-corrected chi connectivity index (χ2v) is 11.3. The molecule has 0 saturated carbocycles. The Bertz CT molecular complexity index is 999. The van der Waals surface area contributed by atoms with E-state index in [1.807, 2.05) is 7.05 Å². The van der Waals surface area contributed by atoms with Crippen LogP contribution in [0.4, 0.5) is 19.0 Å². The summed E-state index contributed by atoms with van der Waals surface area (Å²) in [5.41, 5.74) is -1.66. The van der Waals surface area contributed by atoms with Gasteiger partial charge in [0.15, 0.2) is 11.5 Å². The number of ether oxygens (including phenoxy) is 3. The zero-order valence-electron chi connectivity index (χ0n) is 19.4. The minimum atomic E-state index is -4.95. The molecule has 1 aromatic rings. The Morgan fingerprint density at radius 1 is 1.24 bits per heavy atom. The lowest BCUT2D eigenvalue weighted by atomic mass is 9.87. The van der Waals surface area contributed by atoms with Gasteiger partial charge in [0.1, 0.15) is 16.8 Å². The molecule has 2 atom stereocenters. The number of halogens is 3. The van der Waals surface area contributed by atoms with E-state index in [1.165, 1.54) is 6.07 Å². The average molecular weight is 509 g/mol. The minimum absolute atomic E-state index is 0.0960. The first-order chi connectivity index (χ1) is 15.8. The largest absolute Gasteiger partial charge is 0.434 e. The molecule has 192 valence electrons. The van der Waals surface area contributed by atoms with Crippen LogP contribution in [-0.4, -0.2) is 81.7 Å². The molecule has 3 fully saturated rings. The first-order valence-electron chi connectivity index (χ1n) is 11.2. The van der Waals surface area contributed by atoms with Crippen molar-refractivity contribution in [2.45, 2.75) is 67.7 Å². The number of nitrogens with one attached hydrogen (secondary N) is 2. The first kappa shape index (κ1) is 25.6. The molecule has 0 radical (unpaired) electrons. The number of rotatable bonds is 6. The average Bonchev–Trinajstić information content (AvgIpc) is 3.23. The number of alkyl halides is 3. The van der Waals surface area contributed by atoms with E-state index in [-0.39, 0.29) is 30.6 Å². The Morgan fingerprint density at radius 3 is 2.56 bits per heavy atom. The van der Waals surface area contributed by atoms with Gasteiger partial charge in [-0.1, -0.05) is 0 Å². The zero-order chi connectivity index (χ0) is 24.8. The van der Waals surface area contributed by atoms with Gasteiger partial charge in [-0.15, -0.1) is 0 Å². The van der Waals surface area contributed by atoms with Crippen molar-refractivity contribution in [1.29, 1.82) is 0 Å². The van der Waals surface area contributed by atoms with E-state index in [2.05, 4.69) is 19.9 Å². The molecule has 2 unspecified atom stereocenters. The van der Waals surface area contributed by atoms with Gasteiger partial charge in [0.25, 0.3) is 0 Å². The van der Waals surface area contributed by atoms with Gasteiger partial charge in [-0.25, -0.2) is 18.1 Å². The summed E-state index contributed by atoms with van der Waals surface area (Å²) in [5, 5.41) is 2.78. The highest BCUT2D eigenvalue weighted by Gasteiger charge is 2.46. The van der Waals surface area contributed by atoms with Crippen molar-refractivity contribution in [3.05, 3.63) is 17.8 Å². The van der Waals surface area contributed by atoms with Gasteiger partial charge in [0, 0.05) is 37.9 Å². The Balaban J connectivity index is 1.49. The van der Waals surface area contributed by atoms with Gasteiger partial charge in [-0.3, -0.25) is 4.90 Å². The highest BCUT2D eigenvalue weighted by atomic mass is 32.2. The third-order valence-corrected chi connectivity index (χ3v) is 8.22. The highest BCUT2D eigenvalue weighted by molar-refractivity contribution is 7.89. The van der Waals surface area contributed by atoms with Crippen molar-refractivity contribution in [1.82, 2.24) is 14.6 Å². The van der Waals surface area contributed by atoms with Crippen molar-refractivity contribution in [2.75, 3.05) is 45.3 Å². The predicted octanol–water partition coefficient (Wildman–Crippen LogP) is 2.20. The highest BCUT2D eigenvalue weighted by Crippen LogP contribution is 2.38. The zero-order valence-corrected chi connectivity index (χ0v) is 20.3. The third kappa shape index (κ3) is 5.49. The first-order valence-corrected chi connectivity index (χ1v) is 12.7. The van der Waals surface area contributed by atoms with E-state index in [4.69, 9.17) is 14.2 Å². The maximum absolute atomic E-state index is 13.8. The smallest absolute Gasteiger partial charge is 0.381 e. The summed E-state index contributed by atoms with van der Waals surface area (Å²) in [5.74, 6) is -0.862. The molecular weight excluding hydrogens is 477 g/mol.